The van der Waals surface area contributed by atoms with Crippen LogP contribution in [0.5, 0.6) is 0 Å². The van der Waals surface area contributed by atoms with Crippen molar-refractivity contribution in [2.75, 3.05) is 17.6 Å². The van der Waals surface area contributed by atoms with Crippen LogP contribution in [0.3, 0.4) is 0 Å². The lowest BCUT2D eigenvalue weighted by atomic mass is 10.2. The van der Waals surface area contributed by atoms with E-state index in [1.54, 1.807) is 19.2 Å². The minimum atomic E-state index is -3.14. The fourth-order valence-corrected chi connectivity index (χ4v) is 1.45. The van der Waals surface area contributed by atoms with Crippen molar-refractivity contribution in [3.8, 4) is 0 Å². The predicted molar refractivity (Wildman–Crippen MR) is 54.4 cm³/mol. The summed E-state index contributed by atoms with van der Waals surface area (Å²) in [5.74, 6) is 0. The minimum absolute atomic E-state index is 0.688. The Bertz CT molecular complexity index is 381. The van der Waals surface area contributed by atoms with Gasteiger partial charge in [-0.15, -0.1) is 0 Å². The van der Waals surface area contributed by atoms with E-state index in [-0.39, 0.29) is 0 Å². The highest BCUT2D eigenvalue weighted by atomic mass is 32.2. The Kier molecular flexibility index (Phi) is 2.61. The van der Waals surface area contributed by atoms with Crippen molar-refractivity contribution in [2.45, 2.75) is 6.92 Å². The van der Waals surface area contributed by atoms with Gasteiger partial charge in [0.25, 0.3) is 0 Å². The molecule has 1 aromatic rings. The molecule has 0 atom stereocenters. The summed E-state index contributed by atoms with van der Waals surface area (Å²) in [6, 6.07) is 7.35. The van der Waals surface area contributed by atoms with E-state index < -0.39 is 10.0 Å². The Labute approximate surface area is 79.0 Å². The van der Waals surface area contributed by atoms with Crippen molar-refractivity contribution in [2.24, 2.45) is 0 Å². The predicted octanol–water partition coefficient (Wildman–Crippen LogP) is 1.39. The van der Waals surface area contributed by atoms with Gasteiger partial charge in [0.15, 0.2) is 0 Å². The Balaban J connectivity index is 3.04. The summed E-state index contributed by atoms with van der Waals surface area (Å²) in [7, 11) is -1.59. The quantitative estimate of drug-likeness (QED) is 0.721. The number of hydrogen-bond donors (Lipinski definition) is 0. The maximum Gasteiger partial charge on any atom is 0.231 e. The maximum atomic E-state index is 11.1. The molecule has 4 heteroatoms. The van der Waals surface area contributed by atoms with Gasteiger partial charge < -0.3 is 0 Å². The number of benzene rings is 1. The first-order chi connectivity index (χ1) is 5.91. The van der Waals surface area contributed by atoms with E-state index in [1.165, 1.54) is 10.6 Å². The third-order valence-electron chi connectivity index (χ3n) is 1.90. The van der Waals surface area contributed by atoms with Crippen molar-refractivity contribution in [1.82, 2.24) is 0 Å². The van der Waals surface area contributed by atoms with Gasteiger partial charge in [-0.3, -0.25) is 4.31 Å². The van der Waals surface area contributed by atoms with Gasteiger partial charge in [-0.1, -0.05) is 17.7 Å². The molecular weight excluding hydrogens is 186 g/mol. The number of aryl methyl sites for hydroxylation is 1. The van der Waals surface area contributed by atoms with Crippen molar-refractivity contribution in [3.05, 3.63) is 29.8 Å². The van der Waals surface area contributed by atoms with Crippen molar-refractivity contribution in [3.63, 3.8) is 0 Å². The molecule has 1 rings (SSSR count). The number of sulfonamides is 1. The van der Waals surface area contributed by atoms with E-state index in [9.17, 15) is 8.42 Å². The van der Waals surface area contributed by atoms with Crippen molar-refractivity contribution >= 4 is 15.7 Å². The zero-order chi connectivity index (χ0) is 10.1. The minimum Gasteiger partial charge on any atom is -0.274 e. The molecule has 0 aliphatic rings. The third-order valence-corrected chi connectivity index (χ3v) is 3.10. The second-order valence-corrected chi connectivity index (χ2v) is 5.08. The molecule has 1 aromatic carbocycles. The molecule has 72 valence electrons. The first kappa shape index (κ1) is 10.1. The normalized spacial score (nSPS) is 11.3. The molecular formula is C9H13NO2S. The highest BCUT2D eigenvalue weighted by Gasteiger charge is 2.10. The number of rotatable bonds is 2. The fraction of sp³-hybridized carbons (Fsp3) is 0.333. The molecule has 0 aromatic heterocycles. The smallest absolute Gasteiger partial charge is 0.231 e. The van der Waals surface area contributed by atoms with Crippen molar-refractivity contribution < 1.29 is 8.42 Å². The number of nitrogens with zero attached hydrogens (tertiary/aromatic N) is 1. The summed E-state index contributed by atoms with van der Waals surface area (Å²) in [6.07, 6.45) is 1.19. The second kappa shape index (κ2) is 3.38. The van der Waals surface area contributed by atoms with Crippen LogP contribution in [0.1, 0.15) is 5.56 Å². The van der Waals surface area contributed by atoms with Crippen LogP contribution in [0.2, 0.25) is 0 Å². The Morgan fingerprint density at radius 1 is 1.15 bits per heavy atom. The molecule has 0 N–H and O–H groups in total. The molecule has 0 saturated carbocycles. The highest BCUT2D eigenvalue weighted by Crippen LogP contribution is 2.15. The summed E-state index contributed by atoms with van der Waals surface area (Å²) in [5.41, 5.74) is 1.80. The van der Waals surface area contributed by atoms with Gasteiger partial charge in [-0.25, -0.2) is 8.42 Å². The molecule has 0 unspecified atom stereocenters. The standard InChI is InChI=1S/C9H13NO2S/c1-8-4-6-9(7-5-8)10(2)13(3,11)12/h4-7H,1-3H3. The van der Waals surface area contributed by atoms with Crippen LogP contribution >= 0.6 is 0 Å². The lowest BCUT2D eigenvalue weighted by Crippen LogP contribution is -2.24. The molecule has 0 radical (unpaired) electrons. The monoisotopic (exact) mass is 199 g/mol. The zero-order valence-electron chi connectivity index (χ0n) is 7.98. The van der Waals surface area contributed by atoms with Gasteiger partial charge in [-0.05, 0) is 19.1 Å². The molecule has 0 aliphatic heterocycles. The summed E-state index contributed by atoms with van der Waals surface area (Å²) < 4.78 is 23.5. The average molecular weight is 199 g/mol. The first-order valence-corrected chi connectivity index (χ1v) is 5.76. The van der Waals surface area contributed by atoms with Gasteiger partial charge in [-0.2, -0.15) is 0 Å². The zero-order valence-corrected chi connectivity index (χ0v) is 8.80. The van der Waals surface area contributed by atoms with Crippen LogP contribution in [0, 0.1) is 6.92 Å². The van der Waals surface area contributed by atoms with E-state index >= 15 is 0 Å². The number of anilines is 1. The molecule has 3 nitrogen and oxygen atoms in total. The molecule has 0 fully saturated rings. The van der Waals surface area contributed by atoms with E-state index in [1.807, 2.05) is 19.1 Å². The first-order valence-electron chi connectivity index (χ1n) is 3.92. The lowest BCUT2D eigenvalue weighted by molar-refractivity contribution is 0.600. The van der Waals surface area contributed by atoms with Crippen LogP contribution in [-0.4, -0.2) is 21.7 Å². The maximum absolute atomic E-state index is 11.1. The molecule has 0 bridgehead atoms. The third kappa shape index (κ3) is 2.45. The van der Waals surface area contributed by atoms with E-state index in [4.69, 9.17) is 0 Å². The SMILES string of the molecule is Cc1ccc(N(C)S(C)(=O)=O)cc1. The lowest BCUT2D eigenvalue weighted by Gasteiger charge is -2.16. The Morgan fingerprint density at radius 3 is 2.00 bits per heavy atom. The van der Waals surface area contributed by atoms with Crippen LogP contribution < -0.4 is 4.31 Å². The molecule has 0 spiro atoms. The van der Waals surface area contributed by atoms with E-state index in [0.29, 0.717) is 5.69 Å². The van der Waals surface area contributed by atoms with Gasteiger partial charge in [0.05, 0.1) is 11.9 Å². The Morgan fingerprint density at radius 2 is 1.62 bits per heavy atom. The largest absolute Gasteiger partial charge is 0.274 e. The molecule has 0 amide bonds. The summed E-state index contributed by atoms with van der Waals surface area (Å²) in [6.45, 7) is 1.96. The molecule has 0 saturated heterocycles. The highest BCUT2D eigenvalue weighted by molar-refractivity contribution is 7.92. The molecule has 0 aliphatic carbocycles. The van der Waals surface area contributed by atoms with E-state index in [0.717, 1.165) is 5.56 Å². The van der Waals surface area contributed by atoms with Crippen LogP contribution in [0.25, 0.3) is 0 Å². The van der Waals surface area contributed by atoms with Gasteiger partial charge >= 0.3 is 0 Å². The van der Waals surface area contributed by atoms with E-state index in [2.05, 4.69) is 0 Å². The Hall–Kier alpha value is -1.03. The van der Waals surface area contributed by atoms with Crippen LogP contribution in [0.4, 0.5) is 5.69 Å². The summed E-state index contributed by atoms with van der Waals surface area (Å²) >= 11 is 0. The fourth-order valence-electron chi connectivity index (χ4n) is 0.946. The molecule has 0 heterocycles. The van der Waals surface area contributed by atoms with Gasteiger partial charge in [0, 0.05) is 7.05 Å². The van der Waals surface area contributed by atoms with Crippen LogP contribution in [0.15, 0.2) is 24.3 Å². The summed E-state index contributed by atoms with van der Waals surface area (Å²) in [4.78, 5) is 0. The second-order valence-electron chi connectivity index (χ2n) is 3.07. The topological polar surface area (TPSA) is 37.4 Å². The summed E-state index contributed by atoms with van der Waals surface area (Å²) in [5, 5.41) is 0. The van der Waals surface area contributed by atoms with Crippen molar-refractivity contribution in [1.29, 1.82) is 0 Å². The number of hydrogen-bond acceptors (Lipinski definition) is 2. The van der Waals surface area contributed by atoms with Gasteiger partial charge in [0.1, 0.15) is 0 Å². The molecule has 13 heavy (non-hydrogen) atoms. The average Bonchev–Trinajstić information content (AvgIpc) is 2.03. The van der Waals surface area contributed by atoms with Gasteiger partial charge in [0.2, 0.25) is 10.0 Å². The van der Waals surface area contributed by atoms with Crippen LogP contribution in [-0.2, 0) is 10.0 Å².